The van der Waals surface area contributed by atoms with Gasteiger partial charge in [0.15, 0.2) is 0 Å². The van der Waals surface area contributed by atoms with Crippen molar-refractivity contribution in [3.05, 3.63) is 82.9 Å². The predicted molar refractivity (Wildman–Crippen MR) is 124 cm³/mol. The summed E-state index contributed by atoms with van der Waals surface area (Å²) in [5.74, 6) is -0.0259. The quantitative estimate of drug-likeness (QED) is 0.551. The Morgan fingerprint density at radius 1 is 1.00 bits per heavy atom. The van der Waals surface area contributed by atoms with Crippen LogP contribution in [0.5, 0.6) is 5.75 Å². The predicted octanol–water partition coefficient (Wildman–Crippen LogP) is 4.80. The van der Waals surface area contributed by atoms with Crippen molar-refractivity contribution in [1.82, 2.24) is 0 Å². The molecule has 3 aromatic carbocycles. The summed E-state index contributed by atoms with van der Waals surface area (Å²) in [6.45, 7) is 3.43. The van der Waals surface area contributed by atoms with Crippen LogP contribution in [0.2, 0.25) is 5.02 Å². The Kier molecular flexibility index (Phi) is 6.87. The van der Waals surface area contributed by atoms with Gasteiger partial charge in [-0.25, -0.2) is 8.42 Å². The number of sulfonamides is 1. The third-order valence-corrected chi connectivity index (χ3v) is 6.92. The molecule has 0 aliphatic rings. The molecule has 0 unspecified atom stereocenters. The summed E-state index contributed by atoms with van der Waals surface area (Å²) in [5.41, 5.74) is 2.80. The van der Waals surface area contributed by atoms with E-state index in [0.29, 0.717) is 22.1 Å². The van der Waals surface area contributed by atoms with E-state index in [1.807, 2.05) is 19.9 Å². The molecule has 0 bridgehead atoms. The first-order chi connectivity index (χ1) is 14.7. The van der Waals surface area contributed by atoms with Crippen LogP contribution in [0.1, 0.15) is 11.1 Å². The van der Waals surface area contributed by atoms with Crippen molar-refractivity contribution in [3.63, 3.8) is 0 Å². The fourth-order valence-corrected chi connectivity index (χ4v) is 4.68. The van der Waals surface area contributed by atoms with E-state index in [2.05, 4.69) is 5.32 Å². The van der Waals surface area contributed by atoms with Gasteiger partial charge in [0.25, 0.3) is 10.0 Å². The number of carbonyl (C=O) groups excluding carboxylic acids is 1. The van der Waals surface area contributed by atoms with Crippen LogP contribution in [0.4, 0.5) is 11.4 Å². The van der Waals surface area contributed by atoms with Gasteiger partial charge in [0.1, 0.15) is 12.3 Å². The van der Waals surface area contributed by atoms with Crippen LogP contribution >= 0.6 is 11.6 Å². The number of carbonyl (C=O) groups is 1. The number of hydrogen-bond acceptors (Lipinski definition) is 4. The van der Waals surface area contributed by atoms with Gasteiger partial charge in [-0.2, -0.15) is 0 Å². The lowest BCUT2D eigenvalue weighted by atomic mass is 10.1. The monoisotopic (exact) mass is 458 g/mol. The highest BCUT2D eigenvalue weighted by molar-refractivity contribution is 7.92. The number of aryl methyl sites for hydroxylation is 2. The molecular formula is C23H23ClN2O4S. The van der Waals surface area contributed by atoms with Crippen molar-refractivity contribution in [1.29, 1.82) is 0 Å². The van der Waals surface area contributed by atoms with Crippen LogP contribution < -0.4 is 14.4 Å². The molecule has 0 aliphatic carbocycles. The lowest BCUT2D eigenvalue weighted by molar-refractivity contribution is -0.114. The number of rotatable bonds is 7. The zero-order chi connectivity index (χ0) is 22.6. The minimum absolute atomic E-state index is 0.105. The normalized spacial score (nSPS) is 11.1. The second-order valence-corrected chi connectivity index (χ2v) is 9.26. The van der Waals surface area contributed by atoms with Crippen LogP contribution in [0.3, 0.4) is 0 Å². The number of methoxy groups -OCH3 is 1. The van der Waals surface area contributed by atoms with Crippen molar-refractivity contribution in [2.45, 2.75) is 18.7 Å². The highest BCUT2D eigenvalue weighted by Gasteiger charge is 2.27. The molecule has 31 heavy (non-hydrogen) atoms. The molecule has 0 heterocycles. The Morgan fingerprint density at radius 2 is 1.71 bits per heavy atom. The first-order valence-electron chi connectivity index (χ1n) is 9.51. The summed E-state index contributed by atoms with van der Waals surface area (Å²) in [5, 5.41) is 3.04. The topological polar surface area (TPSA) is 75.7 Å². The van der Waals surface area contributed by atoms with Crippen molar-refractivity contribution in [3.8, 4) is 5.75 Å². The van der Waals surface area contributed by atoms with E-state index in [1.54, 1.807) is 48.5 Å². The van der Waals surface area contributed by atoms with Gasteiger partial charge in [-0.1, -0.05) is 35.9 Å². The number of nitrogens with one attached hydrogen (secondary N) is 1. The summed E-state index contributed by atoms with van der Waals surface area (Å²) in [7, 11) is -2.47. The molecule has 0 spiro atoms. The molecule has 0 fully saturated rings. The maximum Gasteiger partial charge on any atom is 0.264 e. The summed E-state index contributed by atoms with van der Waals surface area (Å²) < 4.78 is 32.9. The molecule has 162 valence electrons. The van der Waals surface area contributed by atoms with Gasteiger partial charge in [-0.05, 0) is 67.4 Å². The fourth-order valence-electron chi connectivity index (χ4n) is 2.99. The maximum atomic E-state index is 13.4. The van der Waals surface area contributed by atoms with Gasteiger partial charge >= 0.3 is 0 Å². The second-order valence-electron chi connectivity index (χ2n) is 6.99. The van der Waals surface area contributed by atoms with Crippen molar-refractivity contribution in [2.75, 3.05) is 23.3 Å². The third kappa shape index (κ3) is 5.18. The molecule has 1 N–H and O–H groups in total. The Labute approximate surface area is 187 Å². The zero-order valence-electron chi connectivity index (χ0n) is 17.4. The number of benzene rings is 3. The Morgan fingerprint density at radius 3 is 2.32 bits per heavy atom. The third-order valence-electron chi connectivity index (χ3n) is 4.83. The summed E-state index contributed by atoms with van der Waals surface area (Å²) in [6, 6.07) is 18.1. The van der Waals surface area contributed by atoms with E-state index in [9.17, 15) is 13.2 Å². The molecule has 0 aliphatic heterocycles. The Balaban J connectivity index is 1.94. The van der Waals surface area contributed by atoms with E-state index in [4.69, 9.17) is 16.3 Å². The fraction of sp³-hybridized carbons (Fsp3) is 0.174. The number of ether oxygens (including phenoxy) is 1. The molecule has 0 radical (unpaired) electrons. The van der Waals surface area contributed by atoms with Gasteiger partial charge in [-0.3, -0.25) is 9.10 Å². The summed E-state index contributed by atoms with van der Waals surface area (Å²) in [4.78, 5) is 12.9. The van der Waals surface area contributed by atoms with Crippen LogP contribution in [-0.2, 0) is 14.8 Å². The minimum atomic E-state index is -3.96. The number of amides is 1. The Hall–Kier alpha value is -3.03. The lowest BCUT2D eigenvalue weighted by Crippen LogP contribution is -2.38. The standard InChI is InChI=1S/C23H23ClN2O4S/c1-16-9-11-19(13-17(16)2)26(31(28,29)20-7-5-4-6-8-20)15-23(27)25-18-10-12-22(30-3)21(24)14-18/h4-14H,15H2,1-3H3,(H,25,27). The van der Waals surface area contributed by atoms with Crippen LogP contribution in [0, 0.1) is 13.8 Å². The molecule has 6 nitrogen and oxygen atoms in total. The first kappa shape index (κ1) is 22.7. The minimum Gasteiger partial charge on any atom is -0.495 e. The van der Waals surface area contributed by atoms with E-state index in [0.717, 1.165) is 15.4 Å². The van der Waals surface area contributed by atoms with Gasteiger partial charge in [0.2, 0.25) is 5.91 Å². The molecule has 0 aromatic heterocycles. The molecule has 0 saturated heterocycles. The van der Waals surface area contributed by atoms with Crippen molar-refractivity contribution in [2.24, 2.45) is 0 Å². The molecular weight excluding hydrogens is 436 g/mol. The van der Waals surface area contributed by atoms with Crippen molar-refractivity contribution < 1.29 is 17.9 Å². The van der Waals surface area contributed by atoms with Gasteiger partial charge < -0.3 is 10.1 Å². The number of hydrogen-bond donors (Lipinski definition) is 1. The van der Waals surface area contributed by atoms with Gasteiger partial charge in [-0.15, -0.1) is 0 Å². The molecule has 8 heteroatoms. The molecule has 0 saturated carbocycles. The zero-order valence-corrected chi connectivity index (χ0v) is 19.0. The molecule has 3 rings (SSSR count). The summed E-state index contributed by atoms with van der Waals surface area (Å²) in [6.07, 6.45) is 0. The molecule has 0 atom stereocenters. The molecule has 3 aromatic rings. The second kappa shape index (κ2) is 9.41. The van der Waals surface area contributed by atoms with Crippen LogP contribution in [-0.4, -0.2) is 28.0 Å². The first-order valence-corrected chi connectivity index (χ1v) is 11.3. The van der Waals surface area contributed by atoms with Gasteiger partial charge in [0, 0.05) is 5.69 Å². The van der Waals surface area contributed by atoms with Gasteiger partial charge in [0.05, 0.1) is 22.7 Å². The van der Waals surface area contributed by atoms with E-state index < -0.39 is 22.5 Å². The highest BCUT2D eigenvalue weighted by atomic mass is 35.5. The SMILES string of the molecule is COc1ccc(NC(=O)CN(c2ccc(C)c(C)c2)S(=O)(=O)c2ccccc2)cc1Cl. The lowest BCUT2D eigenvalue weighted by Gasteiger charge is -2.25. The van der Waals surface area contributed by atoms with E-state index in [-0.39, 0.29) is 4.90 Å². The number of halogens is 1. The van der Waals surface area contributed by atoms with Crippen LogP contribution in [0.15, 0.2) is 71.6 Å². The van der Waals surface area contributed by atoms with E-state index >= 15 is 0 Å². The van der Waals surface area contributed by atoms with Crippen molar-refractivity contribution >= 4 is 38.9 Å². The summed E-state index contributed by atoms with van der Waals surface area (Å²) >= 11 is 6.12. The average molecular weight is 459 g/mol. The number of nitrogens with zero attached hydrogens (tertiary/aromatic N) is 1. The molecule has 1 amide bonds. The maximum absolute atomic E-state index is 13.4. The largest absolute Gasteiger partial charge is 0.495 e. The van der Waals surface area contributed by atoms with Crippen LogP contribution in [0.25, 0.3) is 0 Å². The smallest absolute Gasteiger partial charge is 0.264 e. The Bertz CT molecular complexity index is 1200. The highest BCUT2D eigenvalue weighted by Crippen LogP contribution is 2.28. The van der Waals surface area contributed by atoms with E-state index in [1.165, 1.54) is 19.2 Å². The average Bonchev–Trinajstić information content (AvgIpc) is 2.75. The number of anilines is 2.